The largest absolute Gasteiger partial charge is 0.487 e. The Morgan fingerprint density at radius 2 is 1.92 bits per heavy atom. The fourth-order valence-corrected chi connectivity index (χ4v) is 2.34. The summed E-state index contributed by atoms with van der Waals surface area (Å²) in [5.74, 6) is 0.0666. The van der Waals surface area contributed by atoms with Crippen LogP contribution in [0.2, 0.25) is 0 Å². The Hall–Kier alpha value is -3.21. The van der Waals surface area contributed by atoms with Crippen LogP contribution < -0.4 is 10.1 Å². The van der Waals surface area contributed by atoms with Crippen LogP contribution in [0.15, 0.2) is 72.9 Å². The van der Waals surface area contributed by atoms with Crippen molar-refractivity contribution in [2.24, 2.45) is 0 Å². The zero-order valence-corrected chi connectivity index (χ0v) is 13.5. The Balaban J connectivity index is 1.58. The molecule has 0 atom stereocenters. The molecule has 0 saturated heterocycles. The minimum Gasteiger partial charge on any atom is -0.487 e. The maximum atomic E-state index is 13.2. The number of amides is 1. The van der Waals surface area contributed by atoms with Gasteiger partial charge in [0.05, 0.1) is 12.1 Å². The van der Waals surface area contributed by atoms with Gasteiger partial charge >= 0.3 is 0 Å². The fourth-order valence-electron chi connectivity index (χ4n) is 2.34. The van der Waals surface area contributed by atoms with Crippen molar-refractivity contribution >= 4 is 11.6 Å². The molecule has 0 bridgehead atoms. The van der Waals surface area contributed by atoms with Gasteiger partial charge < -0.3 is 10.1 Å². The van der Waals surface area contributed by atoms with Gasteiger partial charge in [-0.1, -0.05) is 24.3 Å². The van der Waals surface area contributed by atoms with E-state index in [1.165, 1.54) is 12.1 Å². The lowest BCUT2D eigenvalue weighted by molar-refractivity contribution is -0.115. The van der Waals surface area contributed by atoms with Crippen LogP contribution in [-0.4, -0.2) is 10.9 Å². The summed E-state index contributed by atoms with van der Waals surface area (Å²) in [5, 5.41) is 2.79. The quantitative estimate of drug-likeness (QED) is 0.741. The molecule has 1 amide bonds. The van der Waals surface area contributed by atoms with Crippen LogP contribution in [0, 0.1) is 5.82 Å². The number of rotatable bonds is 6. The number of pyridine rings is 1. The molecule has 0 unspecified atom stereocenters. The second-order valence-electron chi connectivity index (χ2n) is 5.49. The molecule has 1 heterocycles. The molecule has 5 heteroatoms. The highest BCUT2D eigenvalue weighted by molar-refractivity contribution is 5.92. The number of carbonyl (C=O) groups excluding carboxylic acids is 1. The number of halogens is 1. The van der Waals surface area contributed by atoms with Crippen LogP contribution in [0.4, 0.5) is 10.1 Å². The first kappa shape index (κ1) is 16.6. The van der Waals surface area contributed by atoms with Crippen LogP contribution in [0.25, 0.3) is 0 Å². The Morgan fingerprint density at radius 1 is 1.04 bits per heavy atom. The number of nitrogens with zero attached hydrogens (tertiary/aromatic N) is 1. The normalized spacial score (nSPS) is 10.3. The van der Waals surface area contributed by atoms with E-state index in [2.05, 4.69) is 10.3 Å². The van der Waals surface area contributed by atoms with Crippen molar-refractivity contribution in [3.8, 4) is 5.75 Å². The first-order chi connectivity index (χ1) is 12.2. The molecule has 4 nitrogen and oxygen atoms in total. The Bertz CT molecular complexity index is 853. The van der Waals surface area contributed by atoms with E-state index in [9.17, 15) is 9.18 Å². The molecule has 0 aliphatic carbocycles. The van der Waals surface area contributed by atoms with Gasteiger partial charge in [-0.25, -0.2) is 4.39 Å². The lowest BCUT2D eigenvalue weighted by atomic mass is 10.1. The van der Waals surface area contributed by atoms with Gasteiger partial charge in [0.2, 0.25) is 5.91 Å². The standard InChI is InChI=1S/C20H17FN2O2/c21-16-6-3-5-15(11-16)12-20(24)23-17-8-4-9-19(13-17)25-14-18-7-1-2-10-22-18/h1-11,13H,12,14H2,(H,23,24). The third kappa shape index (κ3) is 5.14. The monoisotopic (exact) mass is 336 g/mol. The molecule has 3 aromatic rings. The number of benzene rings is 2. The van der Waals surface area contributed by atoms with Gasteiger partial charge in [-0.2, -0.15) is 0 Å². The molecule has 126 valence electrons. The molecule has 0 fully saturated rings. The predicted molar refractivity (Wildman–Crippen MR) is 93.7 cm³/mol. The van der Waals surface area contributed by atoms with Crippen LogP contribution >= 0.6 is 0 Å². The summed E-state index contributed by atoms with van der Waals surface area (Å²) >= 11 is 0. The second-order valence-corrected chi connectivity index (χ2v) is 5.49. The van der Waals surface area contributed by atoms with Gasteiger partial charge in [0.25, 0.3) is 0 Å². The van der Waals surface area contributed by atoms with E-state index >= 15 is 0 Å². The average molecular weight is 336 g/mol. The molecule has 0 aliphatic heterocycles. The van der Waals surface area contributed by atoms with Crippen LogP contribution in [0.1, 0.15) is 11.3 Å². The molecule has 3 rings (SSSR count). The van der Waals surface area contributed by atoms with Crippen LogP contribution in [-0.2, 0) is 17.8 Å². The maximum Gasteiger partial charge on any atom is 0.228 e. The van der Waals surface area contributed by atoms with Crippen LogP contribution in [0.5, 0.6) is 5.75 Å². The molecule has 1 N–H and O–H groups in total. The molecular weight excluding hydrogens is 319 g/mol. The van der Waals surface area contributed by atoms with Gasteiger partial charge in [0, 0.05) is 18.0 Å². The molecule has 0 saturated carbocycles. The number of hydrogen-bond donors (Lipinski definition) is 1. The van der Waals surface area contributed by atoms with Crippen molar-refractivity contribution in [1.29, 1.82) is 0 Å². The van der Waals surface area contributed by atoms with E-state index in [0.29, 0.717) is 23.6 Å². The Labute approximate surface area is 145 Å². The summed E-state index contributed by atoms with van der Waals surface area (Å²) in [7, 11) is 0. The smallest absolute Gasteiger partial charge is 0.228 e. The minimum absolute atomic E-state index is 0.108. The van der Waals surface area contributed by atoms with Crippen LogP contribution in [0.3, 0.4) is 0 Å². The van der Waals surface area contributed by atoms with Crippen molar-refractivity contribution in [3.05, 3.63) is 90.0 Å². The van der Waals surface area contributed by atoms with Gasteiger partial charge in [0.1, 0.15) is 18.2 Å². The first-order valence-corrected chi connectivity index (χ1v) is 7.86. The van der Waals surface area contributed by atoms with Gasteiger partial charge in [-0.15, -0.1) is 0 Å². The van der Waals surface area contributed by atoms with Crippen molar-refractivity contribution in [2.45, 2.75) is 13.0 Å². The van der Waals surface area contributed by atoms with Crippen molar-refractivity contribution < 1.29 is 13.9 Å². The van der Waals surface area contributed by atoms with E-state index in [1.54, 1.807) is 36.5 Å². The number of nitrogens with one attached hydrogen (secondary N) is 1. The summed E-state index contributed by atoms with van der Waals surface area (Å²) in [6, 6.07) is 18.8. The fraction of sp³-hybridized carbons (Fsp3) is 0.100. The van der Waals surface area contributed by atoms with E-state index in [1.807, 2.05) is 24.3 Å². The van der Waals surface area contributed by atoms with E-state index < -0.39 is 0 Å². The lowest BCUT2D eigenvalue weighted by Crippen LogP contribution is -2.14. The highest BCUT2D eigenvalue weighted by Gasteiger charge is 2.06. The number of carbonyl (C=O) groups is 1. The van der Waals surface area contributed by atoms with Gasteiger partial charge in [0.15, 0.2) is 0 Å². The Kier molecular flexibility index (Phi) is 5.36. The number of anilines is 1. The van der Waals surface area contributed by atoms with Crippen molar-refractivity contribution in [3.63, 3.8) is 0 Å². The molecule has 1 aromatic heterocycles. The van der Waals surface area contributed by atoms with E-state index in [4.69, 9.17) is 4.74 Å². The maximum absolute atomic E-state index is 13.2. The number of ether oxygens (including phenoxy) is 1. The third-order valence-electron chi connectivity index (χ3n) is 3.48. The summed E-state index contributed by atoms with van der Waals surface area (Å²) in [6.45, 7) is 0.349. The summed E-state index contributed by atoms with van der Waals surface area (Å²) < 4.78 is 18.9. The molecule has 0 spiro atoms. The van der Waals surface area contributed by atoms with E-state index in [-0.39, 0.29) is 18.1 Å². The van der Waals surface area contributed by atoms with E-state index in [0.717, 1.165) is 5.69 Å². The van der Waals surface area contributed by atoms with Gasteiger partial charge in [-0.3, -0.25) is 9.78 Å². The molecule has 25 heavy (non-hydrogen) atoms. The third-order valence-corrected chi connectivity index (χ3v) is 3.48. The topological polar surface area (TPSA) is 51.2 Å². The lowest BCUT2D eigenvalue weighted by Gasteiger charge is -2.09. The highest BCUT2D eigenvalue weighted by Crippen LogP contribution is 2.18. The second kappa shape index (κ2) is 8.06. The number of aromatic nitrogens is 1. The summed E-state index contributed by atoms with van der Waals surface area (Å²) in [6.07, 6.45) is 1.82. The number of hydrogen-bond acceptors (Lipinski definition) is 3. The van der Waals surface area contributed by atoms with Crippen molar-refractivity contribution in [1.82, 2.24) is 4.98 Å². The molecule has 0 radical (unpaired) electrons. The Morgan fingerprint density at radius 3 is 2.72 bits per heavy atom. The zero-order chi connectivity index (χ0) is 17.5. The SMILES string of the molecule is O=C(Cc1cccc(F)c1)Nc1cccc(OCc2ccccn2)c1. The predicted octanol–water partition coefficient (Wildman–Crippen LogP) is 3.98. The molecule has 2 aromatic carbocycles. The average Bonchev–Trinajstić information content (AvgIpc) is 2.61. The minimum atomic E-state index is -0.352. The summed E-state index contributed by atoms with van der Waals surface area (Å²) in [4.78, 5) is 16.3. The molecular formula is C20H17FN2O2. The molecule has 0 aliphatic rings. The first-order valence-electron chi connectivity index (χ1n) is 7.86. The zero-order valence-electron chi connectivity index (χ0n) is 13.5. The summed E-state index contributed by atoms with van der Waals surface area (Å²) in [5.41, 5.74) is 2.07. The van der Waals surface area contributed by atoms with Gasteiger partial charge in [-0.05, 0) is 42.0 Å². The highest BCUT2D eigenvalue weighted by atomic mass is 19.1. The van der Waals surface area contributed by atoms with Crippen molar-refractivity contribution in [2.75, 3.05) is 5.32 Å².